The summed E-state index contributed by atoms with van der Waals surface area (Å²) in [6.45, 7) is 1.19. The van der Waals surface area contributed by atoms with E-state index >= 15 is 0 Å². The first kappa shape index (κ1) is 20.3. The molecule has 1 amide bonds. The Morgan fingerprint density at radius 1 is 0.931 bits per heavy atom. The fourth-order valence-corrected chi connectivity index (χ4v) is 2.66. The van der Waals surface area contributed by atoms with E-state index in [1.807, 2.05) is 42.5 Å². The van der Waals surface area contributed by atoms with Crippen LogP contribution in [0.25, 0.3) is 0 Å². The topological polar surface area (TPSA) is 60.5 Å². The third-order valence-corrected chi connectivity index (χ3v) is 4.16. The lowest BCUT2D eigenvalue weighted by atomic mass is 10.1. The van der Waals surface area contributed by atoms with E-state index < -0.39 is 0 Å². The second-order valence-corrected chi connectivity index (χ2v) is 6.42. The summed E-state index contributed by atoms with van der Waals surface area (Å²) in [4.78, 5) is 16.2. The highest BCUT2D eigenvalue weighted by atomic mass is 19.1. The Hall–Kier alpha value is -3.41. The zero-order chi connectivity index (χ0) is 20.3. The quantitative estimate of drug-likeness (QED) is 0.530. The first-order valence-electron chi connectivity index (χ1n) is 9.46. The number of aryl methyl sites for hydroxylation is 1. The number of halogens is 1. The van der Waals surface area contributed by atoms with Crippen LogP contribution in [0.3, 0.4) is 0 Å². The second kappa shape index (κ2) is 10.8. The number of amides is 1. The van der Waals surface area contributed by atoms with E-state index in [-0.39, 0.29) is 11.7 Å². The van der Waals surface area contributed by atoms with Gasteiger partial charge in [-0.25, -0.2) is 9.37 Å². The van der Waals surface area contributed by atoms with Crippen LogP contribution in [0.4, 0.5) is 4.39 Å². The summed E-state index contributed by atoms with van der Waals surface area (Å²) in [7, 11) is 0. The Balaban J connectivity index is 1.33. The lowest BCUT2D eigenvalue weighted by molar-refractivity contribution is -0.121. The first-order valence-corrected chi connectivity index (χ1v) is 9.46. The Morgan fingerprint density at radius 3 is 2.52 bits per heavy atom. The minimum absolute atomic E-state index is 0.0901. The molecule has 6 heteroatoms. The number of carbonyl (C=O) groups is 1. The molecule has 0 bridgehead atoms. The van der Waals surface area contributed by atoms with Gasteiger partial charge in [0.05, 0.1) is 0 Å². The van der Waals surface area contributed by atoms with Gasteiger partial charge >= 0.3 is 0 Å². The number of hydrogen-bond donors (Lipinski definition) is 1. The minimum atomic E-state index is -0.289. The van der Waals surface area contributed by atoms with E-state index in [0.29, 0.717) is 38.5 Å². The maximum atomic E-state index is 13.1. The monoisotopic (exact) mass is 394 g/mol. The maximum absolute atomic E-state index is 13.1. The summed E-state index contributed by atoms with van der Waals surface area (Å²) < 4.78 is 24.3. The summed E-state index contributed by atoms with van der Waals surface area (Å²) in [6, 6.07) is 19.4. The molecule has 0 aliphatic heterocycles. The fraction of sp³-hybridized carbons (Fsp3) is 0.217. The zero-order valence-electron chi connectivity index (χ0n) is 16.0. The molecule has 0 aliphatic rings. The van der Waals surface area contributed by atoms with Crippen LogP contribution >= 0.6 is 0 Å². The van der Waals surface area contributed by atoms with Crippen LogP contribution < -0.4 is 14.8 Å². The average molecular weight is 394 g/mol. The highest BCUT2D eigenvalue weighted by Gasteiger charge is 2.04. The summed E-state index contributed by atoms with van der Waals surface area (Å²) in [5.74, 6) is 0.922. The van der Waals surface area contributed by atoms with Crippen molar-refractivity contribution in [3.63, 3.8) is 0 Å². The lowest BCUT2D eigenvalue weighted by Crippen LogP contribution is -2.23. The Morgan fingerprint density at radius 2 is 1.76 bits per heavy atom. The molecule has 0 spiro atoms. The fourth-order valence-electron chi connectivity index (χ4n) is 2.66. The van der Waals surface area contributed by atoms with E-state index in [0.717, 1.165) is 16.9 Å². The molecule has 1 heterocycles. The van der Waals surface area contributed by atoms with E-state index in [2.05, 4.69) is 10.3 Å². The predicted octanol–water partition coefficient (Wildman–Crippen LogP) is 3.93. The molecule has 1 N–H and O–H groups in total. The van der Waals surface area contributed by atoms with Crippen LogP contribution in [0.2, 0.25) is 0 Å². The van der Waals surface area contributed by atoms with Gasteiger partial charge in [-0.15, -0.1) is 0 Å². The van der Waals surface area contributed by atoms with Gasteiger partial charge in [0.15, 0.2) is 0 Å². The largest absolute Gasteiger partial charge is 0.490 e. The highest BCUT2D eigenvalue weighted by molar-refractivity contribution is 5.76. The standard InChI is InChI=1S/C23H23FN2O3/c24-20-6-4-5-18(15-20)9-11-22(27)25-16-19-10-12-23(26-17-19)29-14-13-28-21-7-2-1-3-8-21/h1-8,10,12,15,17H,9,11,13-14,16H2,(H,25,27). The van der Waals surface area contributed by atoms with E-state index in [1.165, 1.54) is 12.1 Å². The number of nitrogens with zero attached hydrogens (tertiary/aromatic N) is 1. The second-order valence-electron chi connectivity index (χ2n) is 6.42. The van der Waals surface area contributed by atoms with Crippen LogP contribution in [0.1, 0.15) is 17.5 Å². The van der Waals surface area contributed by atoms with Gasteiger partial charge in [-0.05, 0) is 41.8 Å². The Labute approximate surface area is 169 Å². The van der Waals surface area contributed by atoms with Crippen LogP contribution in [0.5, 0.6) is 11.6 Å². The van der Waals surface area contributed by atoms with Crippen molar-refractivity contribution in [2.45, 2.75) is 19.4 Å². The van der Waals surface area contributed by atoms with E-state index in [1.54, 1.807) is 18.3 Å². The third-order valence-electron chi connectivity index (χ3n) is 4.16. The number of para-hydroxylation sites is 1. The van der Waals surface area contributed by atoms with E-state index in [4.69, 9.17) is 9.47 Å². The van der Waals surface area contributed by atoms with Gasteiger partial charge < -0.3 is 14.8 Å². The normalized spacial score (nSPS) is 10.4. The van der Waals surface area contributed by atoms with Crippen molar-refractivity contribution in [2.24, 2.45) is 0 Å². The molecule has 5 nitrogen and oxygen atoms in total. The molecular formula is C23H23FN2O3. The molecule has 0 saturated heterocycles. The van der Waals surface area contributed by atoms with Crippen molar-refractivity contribution in [3.8, 4) is 11.6 Å². The summed E-state index contributed by atoms with van der Waals surface area (Å²) in [5, 5.41) is 2.84. The maximum Gasteiger partial charge on any atom is 0.220 e. The molecule has 0 unspecified atom stereocenters. The molecule has 0 saturated carbocycles. The molecule has 150 valence electrons. The summed E-state index contributed by atoms with van der Waals surface area (Å²) in [5.41, 5.74) is 1.68. The number of pyridine rings is 1. The SMILES string of the molecule is O=C(CCc1cccc(F)c1)NCc1ccc(OCCOc2ccccc2)nc1. The third kappa shape index (κ3) is 7.25. The molecule has 1 aromatic heterocycles. The van der Waals surface area contributed by atoms with Crippen molar-refractivity contribution >= 4 is 5.91 Å². The number of carbonyl (C=O) groups excluding carboxylic acids is 1. The molecular weight excluding hydrogens is 371 g/mol. The van der Waals surface area contributed by atoms with Crippen molar-refractivity contribution < 1.29 is 18.7 Å². The lowest BCUT2D eigenvalue weighted by Gasteiger charge is -2.09. The van der Waals surface area contributed by atoms with Gasteiger partial charge in [-0.2, -0.15) is 0 Å². The molecule has 2 aromatic carbocycles. The van der Waals surface area contributed by atoms with Gasteiger partial charge in [0.2, 0.25) is 11.8 Å². The summed E-state index contributed by atoms with van der Waals surface area (Å²) in [6.07, 6.45) is 2.47. The van der Waals surface area contributed by atoms with Crippen LogP contribution in [-0.4, -0.2) is 24.1 Å². The highest BCUT2D eigenvalue weighted by Crippen LogP contribution is 2.10. The van der Waals surface area contributed by atoms with Crippen LogP contribution in [0.15, 0.2) is 72.9 Å². The van der Waals surface area contributed by atoms with Gasteiger partial charge in [0.25, 0.3) is 0 Å². The van der Waals surface area contributed by atoms with Gasteiger partial charge in [0.1, 0.15) is 24.8 Å². The molecule has 0 fully saturated rings. The minimum Gasteiger partial charge on any atom is -0.490 e. The smallest absolute Gasteiger partial charge is 0.220 e. The number of benzene rings is 2. The molecule has 0 radical (unpaired) electrons. The molecule has 0 atom stereocenters. The Kier molecular flexibility index (Phi) is 7.57. The van der Waals surface area contributed by atoms with Gasteiger partial charge in [0, 0.05) is 25.2 Å². The molecule has 3 aromatic rings. The number of rotatable bonds is 10. The zero-order valence-corrected chi connectivity index (χ0v) is 16.0. The first-order chi connectivity index (χ1) is 14.2. The van der Waals surface area contributed by atoms with E-state index in [9.17, 15) is 9.18 Å². The van der Waals surface area contributed by atoms with Crippen LogP contribution in [0, 0.1) is 5.82 Å². The van der Waals surface area contributed by atoms with Crippen molar-refractivity contribution in [2.75, 3.05) is 13.2 Å². The average Bonchev–Trinajstić information content (AvgIpc) is 2.75. The summed E-state index contributed by atoms with van der Waals surface area (Å²) >= 11 is 0. The number of aromatic nitrogens is 1. The molecule has 3 rings (SSSR count). The number of nitrogens with one attached hydrogen (secondary N) is 1. The Bertz CT molecular complexity index is 902. The van der Waals surface area contributed by atoms with Crippen molar-refractivity contribution in [1.29, 1.82) is 0 Å². The molecule has 29 heavy (non-hydrogen) atoms. The predicted molar refractivity (Wildman–Crippen MR) is 108 cm³/mol. The number of ether oxygens (including phenoxy) is 2. The van der Waals surface area contributed by atoms with Crippen LogP contribution in [-0.2, 0) is 17.8 Å². The van der Waals surface area contributed by atoms with Gasteiger partial charge in [-0.1, -0.05) is 36.4 Å². The number of hydrogen-bond acceptors (Lipinski definition) is 4. The molecule has 0 aliphatic carbocycles. The van der Waals surface area contributed by atoms with Crippen molar-refractivity contribution in [3.05, 3.63) is 89.9 Å². The van der Waals surface area contributed by atoms with Gasteiger partial charge in [-0.3, -0.25) is 4.79 Å². The van der Waals surface area contributed by atoms with Crippen molar-refractivity contribution in [1.82, 2.24) is 10.3 Å².